The zero-order chi connectivity index (χ0) is 21.6. The van der Waals surface area contributed by atoms with Crippen molar-refractivity contribution < 1.29 is 18.7 Å². The molecule has 1 N–H and O–H groups in total. The lowest BCUT2D eigenvalue weighted by Gasteiger charge is -2.30. The first-order chi connectivity index (χ1) is 14.2. The van der Waals surface area contributed by atoms with E-state index < -0.39 is 6.03 Å². The van der Waals surface area contributed by atoms with Crippen LogP contribution in [0.3, 0.4) is 0 Å². The van der Waals surface area contributed by atoms with E-state index in [4.69, 9.17) is 9.15 Å². The van der Waals surface area contributed by atoms with E-state index >= 15 is 0 Å². The molecule has 7 heteroatoms. The van der Waals surface area contributed by atoms with Crippen LogP contribution in [0.25, 0.3) is 22.6 Å². The van der Waals surface area contributed by atoms with Gasteiger partial charge in [-0.15, -0.1) is 0 Å². The number of benzene rings is 2. The maximum Gasteiger partial charge on any atom is 0.328 e. The summed E-state index contributed by atoms with van der Waals surface area (Å²) < 4.78 is 11.8. The number of hydrogen-bond acceptors (Lipinski definition) is 5. The molecule has 3 amide bonds. The quantitative estimate of drug-likeness (QED) is 0.688. The summed E-state index contributed by atoms with van der Waals surface area (Å²) in [6.45, 7) is 8.55. The molecule has 30 heavy (non-hydrogen) atoms. The van der Waals surface area contributed by atoms with E-state index in [1.165, 1.54) is 0 Å². The molecule has 2 heterocycles. The van der Waals surface area contributed by atoms with Crippen LogP contribution in [0.5, 0.6) is 5.75 Å². The number of hydrogen-bond donors (Lipinski definition) is 1. The number of amides is 3. The fourth-order valence-electron chi connectivity index (χ4n) is 3.67. The number of nitrogens with one attached hydrogen (secondary N) is 1. The highest BCUT2D eigenvalue weighted by Crippen LogP contribution is 2.43. The van der Waals surface area contributed by atoms with E-state index in [-0.39, 0.29) is 17.7 Å². The normalized spacial score (nSPS) is 14.9. The highest BCUT2D eigenvalue weighted by molar-refractivity contribution is 6.06. The van der Waals surface area contributed by atoms with Crippen molar-refractivity contribution in [2.75, 3.05) is 18.6 Å². The standard InChI is InChI=1S/C23H25N3O4/c1-13-6-7-18-17(10-13)24-21(30-18)15-11-14(26-9-8-19(27)25-22(26)28)12-16(20(15)29-5)23(2,3)4/h6-7,10-12H,8-9H2,1-5H3,(H,25,27,28). The number of nitrogens with zero attached hydrogens (tertiary/aromatic N) is 2. The molecule has 0 bridgehead atoms. The van der Waals surface area contributed by atoms with Crippen molar-refractivity contribution >= 4 is 28.7 Å². The molecule has 0 atom stereocenters. The molecule has 156 valence electrons. The average Bonchev–Trinajstić information content (AvgIpc) is 3.09. The van der Waals surface area contributed by atoms with Crippen LogP contribution in [0.15, 0.2) is 34.7 Å². The average molecular weight is 407 g/mol. The minimum absolute atomic E-state index is 0.250. The van der Waals surface area contributed by atoms with Gasteiger partial charge in [-0.25, -0.2) is 9.78 Å². The van der Waals surface area contributed by atoms with Crippen LogP contribution in [-0.2, 0) is 10.2 Å². The Labute approximate surface area is 175 Å². The fraction of sp³-hybridized carbons (Fsp3) is 0.348. The van der Waals surface area contributed by atoms with Gasteiger partial charge in [0.2, 0.25) is 11.8 Å². The van der Waals surface area contributed by atoms with E-state index in [1.807, 2.05) is 37.3 Å². The van der Waals surface area contributed by atoms with Crippen LogP contribution < -0.4 is 15.0 Å². The largest absolute Gasteiger partial charge is 0.496 e. The maximum atomic E-state index is 12.5. The van der Waals surface area contributed by atoms with Gasteiger partial charge in [0.25, 0.3) is 0 Å². The lowest BCUT2D eigenvalue weighted by molar-refractivity contribution is -0.120. The van der Waals surface area contributed by atoms with Gasteiger partial charge in [-0.3, -0.25) is 15.0 Å². The van der Waals surface area contributed by atoms with Crippen LogP contribution in [0.2, 0.25) is 0 Å². The first-order valence-corrected chi connectivity index (χ1v) is 9.89. The Morgan fingerprint density at radius 3 is 2.60 bits per heavy atom. The van der Waals surface area contributed by atoms with Crippen LogP contribution in [0.1, 0.15) is 38.3 Å². The molecule has 0 radical (unpaired) electrons. The van der Waals surface area contributed by atoms with Gasteiger partial charge in [0.05, 0.1) is 12.7 Å². The van der Waals surface area contributed by atoms with Crippen LogP contribution in [0, 0.1) is 6.92 Å². The van der Waals surface area contributed by atoms with Gasteiger partial charge in [0.1, 0.15) is 11.3 Å². The minimum Gasteiger partial charge on any atom is -0.496 e. The minimum atomic E-state index is -0.435. The molecular formula is C23H25N3O4. The third-order valence-corrected chi connectivity index (χ3v) is 5.22. The molecule has 4 rings (SSSR count). The topological polar surface area (TPSA) is 84.7 Å². The number of aromatic nitrogens is 1. The SMILES string of the molecule is COc1c(-c2nc3cc(C)ccc3o2)cc(N2CCC(=O)NC2=O)cc1C(C)(C)C. The van der Waals surface area contributed by atoms with Crippen molar-refractivity contribution in [1.29, 1.82) is 0 Å². The lowest BCUT2D eigenvalue weighted by atomic mass is 9.84. The monoisotopic (exact) mass is 407 g/mol. The molecule has 1 saturated heterocycles. The number of oxazole rings is 1. The third kappa shape index (κ3) is 3.51. The number of imide groups is 1. The molecule has 1 fully saturated rings. The molecular weight excluding hydrogens is 382 g/mol. The van der Waals surface area contributed by atoms with E-state index in [0.29, 0.717) is 35.0 Å². The van der Waals surface area contributed by atoms with E-state index in [9.17, 15) is 9.59 Å². The summed E-state index contributed by atoms with van der Waals surface area (Å²) in [5, 5.41) is 2.38. The van der Waals surface area contributed by atoms with Gasteiger partial charge in [0, 0.05) is 24.2 Å². The summed E-state index contributed by atoms with van der Waals surface area (Å²) in [4.78, 5) is 30.3. The Bertz CT molecular complexity index is 1160. The summed E-state index contributed by atoms with van der Waals surface area (Å²) in [6.07, 6.45) is 0.250. The number of carbonyl (C=O) groups excluding carboxylic acids is 2. The second-order valence-electron chi connectivity index (χ2n) is 8.57. The van der Waals surface area contributed by atoms with Crippen molar-refractivity contribution in [1.82, 2.24) is 10.3 Å². The number of methoxy groups -OCH3 is 1. The molecule has 1 aliphatic rings. The number of anilines is 1. The van der Waals surface area contributed by atoms with E-state index in [1.54, 1.807) is 12.0 Å². The number of rotatable bonds is 3. The van der Waals surface area contributed by atoms with Gasteiger partial charge in [0.15, 0.2) is 5.58 Å². The second-order valence-corrected chi connectivity index (χ2v) is 8.57. The van der Waals surface area contributed by atoms with Gasteiger partial charge in [-0.05, 0) is 42.2 Å². The first kappa shape index (κ1) is 19.9. The molecule has 0 unspecified atom stereocenters. The lowest BCUT2D eigenvalue weighted by Crippen LogP contribution is -2.49. The molecule has 7 nitrogen and oxygen atoms in total. The first-order valence-electron chi connectivity index (χ1n) is 9.89. The number of ether oxygens (including phenoxy) is 1. The van der Waals surface area contributed by atoms with Gasteiger partial charge < -0.3 is 9.15 Å². The molecule has 1 aliphatic heterocycles. The molecule has 3 aromatic rings. The summed E-state index contributed by atoms with van der Waals surface area (Å²) >= 11 is 0. The van der Waals surface area contributed by atoms with Crippen molar-refractivity contribution in [3.8, 4) is 17.2 Å². The van der Waals surface area contributed by atoms with Crippen molar-refractivity contribution in [2.24, 2.45) is 0 Å². The van der Waals surface area contributed by atoms with Crippen LogP contribution in [-0.4, -0.2) is 30.6 Å². The molecule has 2 aromatic carbocycles. The summed E-state index contributed by atoms with van der Waals surface area (Å²) in [6, 6.07) is 9.17. The van der Waals surface area contributed by atoms with Crippen molar-refractivity contribution in [3.63, 3.8) is 0 Å². The highest BCUT2D eigenvalue weighted by Gasteiger charge is 2.30. The number of aryl methyl sites for hydroxylation is 1. The van der Waals surface area contributed by atoms with E-state index in [2.05, 4.69) is 31.1 Å². The predicted molar refractivity (Wildman–Crippen MR) is 115 cm³/mol. The Hall–Kier alpha value is -3.35. The Morgan fingerprint density at radius 1 is 1.17 bits per heavy atom. The highest BCUT2D eigenvalue weighted by atomic mass is 16.5. The third-order valence-electron chi connectivity index (χ3n) is 5.22. The molecule has 1 aromatic heterocycles. The zero-order valence-corrected chi connectivity index (χ0v) is 17.8. The second kappa shape index (κ2) is 7.16. The van der Waals surface area contributed by atoms with Crippen LogP contribution >= 0.6 is 0 Å². The zero-order valence-electron chi connectivity index (χ0n) is 17.8. The van der Waals surface area contributed by atoms with Crippen molar-refractivity contribution in [2.45, 2.75) is 39.5 Å². The fourth-order valence-corrected chi connectivity index (χ4v) is 3.67. The Balaban J connectivity index is 1.93. The summed E-state index contributed by atoms with van der Waals surface area (Å²) in [5.41, 5.74) is 4.52. The maximum absolute atomic E-state index is 12.5. The Morgan fingerprint density at radius 2 is 1.93 bits per heavy atom. The predicted octanol–water partition coefficient (Wildman–Crippen LogP) is 4.56. The molecule has 0 spiro atoms. The van der Waals surface area contributed by atoms with Gasteiger partial charge >= 0.3 is 6.03 Å². The van der Waals surface area contributed by atoms with Gasteiger partial charge in [-0.2, -0.15) is 0 Å². The summed E-state index contributed by atoms with van der Waals surface area (Å²) in [5.74, 6) is 0.812. The number of fused-ring (bicyclic) bond motifs is 1. The Kier molecular flexibility index (Phi) is 4.76. The molecule has 0 aliphatic carbocycles. The van der Waals surface area contributed by atoms with Crippen LogP contribution in [0.4, 0.5) is 10.5 Å². The van der Waals surface area contributed by atoms with E-state index in [0.717, 1.165) is 16.6 Å². The molecule has 0 saturated carbocycles. The number of carbonyl (C=O) groups is 2. The smallest absolute Gasteiger partial charge is 0.328 e. The van der Waals surface area contributed by atoms with Gasteiger partial charge in [-0.1, -0.05) is 26.8 Å². The summed E-state index contributed by atoms with van der Waals surface area (Å²) in [7, 11) is 1.62. The number of urea groups is 1. The van der Waals surface area contributed by atoms with Crippen molar-refractivity contribution in [3.05, 3.63) is 41.5 Å².